The maximum absolute atomic E-state index is 12.9. The van der Waals surface area contributed by atoms with Gasteiger partial charge in [-0.2, -0.15) is 17.5 Å². The minimum absolute atomic E-state index is 0.122. The molecular weight excluding hydrogens is 457 g/mol. The Kier molecular flexibility index (Phi) is 11.1. The Balaban J connectivity index is 1.75. The fourth-order valence-corrected chi connectivity index (χ4v) is 5.51. The number of alkyl halides is 3. The van der Waals surface area contributed by atoms with Crippen molar-refractivity contribution in [2.45, 2.75) is 68.7 Å². The Morgan fingerprint density at radius 2 is 1.64 bits per heavy atom. The van der Waals surface area contributed by atoms with Crippen LogP contribution in [0.2, 0.25) is 0 Å². The lowest BCUT2D eigenvalue weighted by Gasteiger charge is -2.34. The minimum Gasteiger partial charge on any atom is -0.383 e. The first-order chi connectivity index (χ1) is 15.6. The van der Waals surface area contributed by atoms with E-state index in [1.807, 2.05) is 0 Å². The van der Waals surface area contributed by atoms with E-state index in [4.69, 9.17) is 9.47 Å². The lowest BCUT2D eigenvalue weighted by molar-refractivity contribution is -0.137. The average molecular weight is 495 g/mol. The summed E-state index contributed by atoms with van der Waals surface area (Å²) in [5.74, 6) is 0. The predicted molar refractivity (Wildman–Crippen MR) is 122 cm³/mol. The Hall–Kier alpha value is -1.20. The molecule has 0 aliphatic heterocycles. The van der Waals surface area contributed by atoms with E-state index >= 15 is 0 Å². The normalized spacial score (nSPS) is 20.0. The molecule has 1 aromatic rings. The third-order valence-corrected chi connectivity index (χ3v) is 8.22. The van der Waals surface area contributed by atoms with Gasteiger partial charge in [0, 0.05) is 33.4 Å². The zero-order valence-electron chi connectivity index (χ0n) is 19.8. The first-order valence-corrected chi connectivity index (χ1v) is 13.0. The molecule has 1 aliphatic carbocycles. The molecule has 0 unspecified atom stereocenters. The monoisotopic (exact) mass is 494 g/mol. The quantitative estimate of drug-likeness (QED) is 0.381. The van der Waals surface area contributed by atoms with Crippen LogP contribution in [0, 0.1) is 0 Å². The summed E-state index contributed by atoms with van der Waals surface area (Å²) in [5, 5.41) is 0. The van der Waals surface area contributed by atoms with Crippen molar-refractivity contribution in [3.63, 3.8) is 0 Å². The summed E-state index contributed by atoms with van der Waals surface area (Å²) in [6.07, 6.45) is 0.542. The van der Waals surface area contributed by atoms with Crippen LogP contribution in [0.25, 0.3) is 0 Å². The summed E-state index contributed by atoms with van der Waals surface area (Å²) in [4.78, 5) is 2.23. The van der Waals surface area contributed by atoms with E-state index in [0.29, 0.717) is 19.4 Å². The van der Waals surface area contributed by atoms with Crippen LogP contribution in [0.3, 0.4) is 0 Å². The number of nitrogens with zero attached hydrogens (tertiary/aromatic N) is 2. The van der Waals surface area contributed by atoms with Crippen molar-refractivity contribution in [3.8, 4) is 0 Å². The summed E-state index contributed by atoms with van der Waals surface area (Å²) in [5.41, 5.74) is -0.862. The topological polar surface area (TPSA) is 59.1 Å². The molecule has 1 aliphatic rings. The van der Waals surface area contributed by atoms with Gasteiger partial charge in [-0.25, -0.2) is 8.42 Å². The first-order valence-electron chi connectivity index (χ1n) is 11.6. The standard InChI is InChI=1S/C23H37F3N2O4S/c1-4-28(16-18-31-3)15-5-6-17-32-21-11-9-20(10-12-21)27(2)33(29,30)22-13-7-19(8-14-22)23(24,25)26/h7-8,13-14,20-21H,4-6,9-12,15-18H2,1-3H3/t20-,21-. The maximum atomic E-state index is 12.9. The number of likely N-dealkylation sites (N-methyl/N-ethyl adjacent to an activating group) is 1. The van der Waals surface area contributed by atoms with Crippen molar-refractivity contribution in [1.29, 1.82) is 0 Å². The third-order valence-electron chi connectivity index (χ3n) is 6.30. The van der Waals surface area contributed by atoms with Gasteiger partial charge >= 0.3 is 6.18 Å². The van der Waals surface area contributed by atoms with Gasteiger partial charge in [-0.1, -0.05) is 6.92 Å². The number of ether oxygens (including phenoxy) is 2. The van der Waals surface area contributed by atoms with Gasteiger partial charge < -0.3 is 14.4 Å². The van der Waals surface area contributed by atoms with Crippen LogP contribution in [-0.4, -0.2) is 76.8 Å². The predicted octanol–water partition coefficient (Wildman–Crippen LogP) is 4.40. The SMILES string of the molecule is CCN(CCCCO[C@H]1CC[C@H](N(C)S(=O)(=O)c2ccc(C(F)(F)F)cc2)CC1)CCOC. The van der Waals surface area contributed by atoms with Crippen LogP contribution in [0.15, 0.2) is 29.2 Å². The fourth-order valence-electron chi connectivity index (χ4n) is 4.09. The molecule has 33 heavy (non-hydrogen) atoms. The Bertz CT molecular complexity index is 795. The van der Waals surface area contributed by atoms with E-state index in [1.165, 1.54) is 11.4 Å². The molecule has 0 N–H and O–H groups in total. The zero-order valence-corrected chi connectivity index (χ0v) is 20.6. The van der Waals surface area contributed by atoms with Crippen LogP contribution < -0.4 is 0 Å². The van der Waals surface area contributed by atoms with Gasteiger partial charge in [0.05, 0.1) is 23.2 Å². The van der Waals surface area contributed by atoms with Crippen molar-refractivity contribution in [3.05, 3.63) is 29.8 Å². The highest BCUT2D eigenvalue weighted by Gasteiger charge is 2.34. The minimum atomic E-state index is -4.49. The molecule has 10 heteroatoms. The lowest BCUT2D eigenvalue weighted by atomic mass is 9.93. The zero-order chi connectivity index (χ0) is 24.5. The number of halogens is 3. The summed E-state index contributed by atoms with van der Waals surface area (Å²) in [7, 11) is -0.640. The van der Waals surface area contributed by atoms with E-state index in [1.54, 1.807) is 7.11 Å². The molecule has 190 valence electrons. The molecular formula is C23H37F3N2O4S. The van der Waals surface area contributed by atoms with E-state index < -0.39 is 21.8 Å². The summed E-state index contributed by atoms with van der Waals surface area (Å²) in [6, 6.07) is 3.48. The average Bonchev–Trinajstić information content (AvgIpc) is 2.80. The van der Waals surface area contributed by atoms with Gasteiger partial charge in [-0.05, 0) is 75.9 Å². The molecule has 1 fully saturated rings. The van der Waals surface area contributed by atoms with E-state index in [0.717, 1.165) is 76.2 Å². The summed E-state index contributed by atoms with van der Waals surface area (Å²) >= 11 is 0. The third kappa shape index (κ3) is 8.51. The van der Waals surface area contributed by atoms with Crippen molar-refractivity contribution < 1.29 is 31.1 Å². The number of sulfonamides is 1. The molecule has 0 heterocycles. The molecule has 0 saturated heterocycles. The smallest absolute Gasteiger partial charge is 0.383 e. The Morgan fingerprint density at radius 3 is 2.18 bits per heavy atom. The number of rotatable bonds is 13. The van der Waals surface area contributed by atoms with Crippen LogP contribution in [-0.2, 0) is 25.7 Å². The van der Waals surface area contributed by atoms with Gasteiger partial charge in [-0.15, -0.1) is 0 Å². The molecule has 0 atom stereocenters. The number of methoxy groups -OCH3 is 1. The lowest BCUT2D eigenvalue weighted by Crippen LogP contribution is -2.40. The highest BCUT2D eigenvalue weighted by Crippen LogP contribution is 2.32. The van der Waals surface area contributed by atoms with Crippen molar-refractivity contribution in [1.82, 2.24) is 9.21 Å². The largest absolute Gasteiger partial charge is 0.416 e. The maximum Gasteiger partial charge on any atom is 0.416 e. The van der Waals surface area contributed by atoms with Crippen molar-refractivity contribution in [2.75, 3.05) is 47.0 Å². The highest BCUT2D eigenvalue weighted by molar-refractivity contribution is 7.89. The number of benzene rings is 1. The van der Waals surface area contributed by atoms with Crippen LogP contribution in [0.5, 0.6) is 0 Å². The van der Waals surface area contributed by atoms with E-state index in [2.05, 4.69) is 11.8 Å². The molecule has 0 radical (unpaired) electrons. The van der Waals surface area contributed by atoms with Crippen molar-refractivity contribution in [2.24, 2.45) is 0 Å². The van der Waals surface area contributed by atoms with Gasteiger partial charge in [0.2, 0.25) is 10.0 Å². The Labute approximate surface area is 196 Å². The van der Waals surface area contributed by atoms with Gasteiger partial charge in [-0.3, -0.25) is 0 Å². The van der Waals surface area contributed by atoms with E-state index in [9.17, 15) is 21.6 Å². The number of unbranched alkanes of at least 4 members (excludes halogenated alkanes) is 1. The molecule has 0 aromatic heterocycles. The highest BCUT2D eigenvalue weighted by atomic mass is 32.2. The van der Waals surface area contributed by atoms with Crippen LogP contribution in [0.4, 0.5) is 13.2 Å². The van der Waals surface area contributed by atoms with Crippen molar-refractivity contribution >= 4 is 10.0 Å². The van der Waals surface area contributed by atoms with Gasteiger partial charge in [0.1, 0.15) is 0 Å². The second-order valence-corrected chi connectivity index (χ2v) is 10.5. The number of hydrogen-bond donors (Lipinski definition) is 0. The summed E-state index contributed by atoms with van der Waals surface area (Å²) < 4.78 is 76.4. The van der Waals surface area contributed by atoms with Crippen LogP contribution in [0.1, 0.15) is 51.0 Å². The van der Waals surface area contributed by atoms with Gasteiger partial charge in [0.15, 0.2) is 0 Å². The molecule has 0 amide bonds. The molecule has 0 spiro atoms. The molecule has 1 saturated carbocycles. The molecule has 6 nitrogen and oxygen atoms in total. The Morgan fingerprint density at radius 1 is 1.00 bits per heavy atom. The number of hydrogen-bond acceptors (Lipinski definition) is 5. The molecule has 2 rings (SSSR count). The van der Waals surface area contributed by atoms with Crippen LogP contribution >= 0.6 is 0 Å². The van der Waals surface area contributed by atoms with E-state index in [-0.39, 0.29) is 17.0 Å². The first kappa shape index (κ1) is 28.0. The molecule has 1 aromatic carbocycles. The second kappa shape index (κ2) is 13.0. The summed E-state index contributed by atoms with van der Waals surface area (Å²) in [6.45, 7) is 6.51. The second-order valence-electron chi connectivity index (χ2n) is 8.48. The van der Waals surface area contributed by atoms with Gasteiger partial charge in [0.25, 0.3) is 0 Å². The molecule has 0 bridgehead atoms. The fraction of sp³-hybridized carbons (Fsp3) is 0.739.